The van der Waals surface area contributed by atoms with Gasteiger partial charge >= 0.3 is 12.2 Å². The van der Waals surface area contributed by atoms with E-state index in [1.165, 1.54) is 17.0 Å². The molecular formula is C25H30F4N4O5. The van der Waals surface area contributed by atoms with Crippen LogP contribution in [-0.2, 0) is 9.47 Å². The normalized spacial score (nSPS) is 18.7. The van der Waals surface area contributed by atoms with E-state index in [0.717, 1.165) is 0 Å². The molecule has 3 heterocycles. The van der Waals surface area contributed by atoms with Gasteiger partial charge in [0.05, 0.1) is 32.1 Å². The van der Waals surface area contributed by atoms with Crippen molar-refractivity contribution < 1.29 is 41.7 Å². The van der Waals surface area contributed by atoms with Crippen molar-refractivity contribution in [3.8, 4) is 17.0 Å². The number of carbonyl (C=O) groups excluding carboxylic acids is 1. The summed E-state index contributed by atoms with van der Waals surface area (Å²) in [6.07, 6.45) is -6.87. The van der Waals surface area contributed by atoms with E-state index < -0.39 is 30.5 Å². The maximum atomic E-state index is 14.9. The molecule has 2 amide bonds. The molecule has 0 aliphatic carbocycles. The lowest BCUT2D eigenvalue weighted by atomic mass is 10.00. The number of morpholine rings is 1. The molecule has 1 aromatic carbocycles. The summed E-state index contributed by atoms with van der Waals surface area (Å²) in [7, 11) is 0. The minimum absolute atomic E-state index is 0.0391. The van der Waals surface area contributed by atoms with Crippen molar-refractivity contribution in [2.24, 2.45) is 0 Å². The first-order chi connectivity index (χ1) is 18.2. The van der Waals surface area contributed by atoms with Gasteiger partial charge in [-0.2, -0.15) is 18.2 Å². The third-order valence-corrected chi connectivity index (χ3v) is 6.33. The molecule has 1 aromatic heterocycles. The Morgan fingerprint density at radius 3 is 2.63 bits per heavy atom. The average Bonchev–Trinajstić information content (AvgIpc) is 3.16. The topological polar surface area (TPSA) is 96.4 Å². The lowest BCUT2D eigenvalue weighted by Crippen LogP contribution is -2.37. The Labute approximate surface area is 217 Å². The van der Waals surface area contributed by atoms with Crippen LogP contribution in [0.3, 0.4) is 0 Å². The van der Waals surface area contributed by atoms with Crippen LogP contribution in [-0.4, -0.2) is 92.5 Å². The van der Waals surface area contributed by atoms with Crippen molar-refractivity contribution in [1.82, 2.24) is 9.88 Å². The highest BCUT2D eigenvalue weighted by Crippen LogP contribution is 2.34. The van der Waals surface area contributed by atoms with Crippen LogP contribution in [0, 0.1) is 12.7 Å². The standard InChI is InChI=1S/C25H30F4N4O5/c1-16-12-19(26)20(30-24(35)33-3-2-21(25(27,28)29)37-10-6-33)15-18(16)17-13-22(32-4-8-36-9-5-32)31-23(14-17)38-11-7-34/h12-15,21,34H,2-11H2,1H3,(H,30,35). The quantitative estimate of drug-likeness (QED) is 0.539. The number of anilines is 2. The highest BCUT2D eigenvalue weighted by Gasteiger charge is 2.42. The Bertz CT molecular complexity index is 1130. The minimum atomic E-state index is -4.52. The van der Waals surface area contributed by atoms with Gasteiger partial charge in [-0.25, -0.2) is 9.18 Å². The summed E-state index contributed by atoms with van der Waals surface area (Å²) < 4.78 is 69.8. The van der Waals surface area contributed by atoms with Crippen molar-refractivity contribution in [2.45, 2.75) is 25.6 Å². The number of pyridine rings is 1. The monoisotopic (exact) mass is 542 g/mol. The summed E-state index contributed by atoms with van der Waals surface area (Å²) >= 11 is 0. The van der Waals surface area contributed by atoms with Crippen molar-refractivity contribution in [3.63, 3.8) is 0 Å². The van der Waals surface area contributed by atoms with E-state index in [0.29, 0.717) is 48.8 Å². The van der Waals surface area contributed by atoms with E-state index in [4.69, 9.17) is 14.2 Å². The van der Waals surface area contributed by atoms with Gasteiger partial charge in [0.15, 0.2) is 6.10 Å². The van der Waals surface area contributed by atoms with Crippen molar-refractivity contribution >= 4 is 17.5 Å². The number of carbonyl (C=O) groups is 1. The first-order valence-corrected chi connectivity index (χ1v) is 12.3. The fraction of sp³-hybridized carbons (Fsp3) is 0.520. The number of benzene rings is 1. The molecule has 2 aliphatic rings. The number of aliphatic hydroxyl groups is 1. The Morgan fingerprint density at radius 1 is 1.16 bits per heavy atom. The van der Waals surface area contributed by atoms with Gasteiger partial charge in [-0.1, -0.05) is 0 Å². The van der Waals surface area contributed by atoms with Gasteiger partial charge in [0.2, 0.25) is 5.88 Å². The van der Waals surface area contributed by atoms with Crippen LogP contribution in [0.15, 0.2) is 24.3 Å². The zero-order valence-corrected chi connectivity index (χ0v) is 20.9. The number of rotatable bonds is 6. The Balaban J connectivity index is 1.59. The molecule has 1 unspecified atom stereocenters. The number of amides is 2. The second kappa shape index (κ2) is 12.1. The zero-order valence-electron chi connectivity index (χ0n) is 20.9. The molecule has 9 nitrogen and oxygen atoms in total. The van der Waals surface area contributed by atoms with Crippen molar-refractivity contribution in [3.05, 3.63) is 35.6 Å². The molecule has 2 fully saturated rings. The lowest BCUT2D eigenvalue weighted by Gasteiger charge is -2.28. The number of nitrogens with zero attached hydrogens (tertiary/aromatic N) is 3. The SMILES string of the molecule is Cc1cc(F)c(NC(=O)N2CCOC(C(F)(F)F)CC2)cc1-c1cc(OCCO)nc(N2CCOCC2)c1. The molecule has 2 aromatic rings. The Kier molecular flexibility index (Phi) is 8.90. The number of hydrogen-bond acceptors (Lipinski definition) is 7. The predicted molar refractivity (Wildman–Crippen MR) is 131 cm³/mol. The van der Waals surface area contributed by atoms with Gasteiger partial charge in [-0.15, -0.1) is 0 Å². The summed E-state index contributed by atoms with van der Waals surface area (Å²) in [6.45, 7) is 3.35. The predicted octanol–water partition coefficient (Wildman–Crippen LogP) is 3.59. The smallest absolute Gasteiger partial charge is 0.414 e. The number of aryl methyl sites for hydroxylation is 1. The maximum absolute atomic E-state index is 14.9. The number of aromatic nitrogens is 1. The molecule has 0 saturated carbocycles. The fourth-order valence-corrected chi connectivity index (χ4v) is 4.33. The van der Waals surface area contributed by atoms with Crippen LogP contribution >= 0.6 is 0 Å². The lowest BCUT2D eigenvalue weighted by molar-refractivity contribution is -0.218. The second-order valence-corrected chi connectivity index (χ2v) is 8.98. The van der Waals surface area contributed by atoms with Crippen LogP contribution in [0.4, 0.5) is 33.9 Å². The van der Waals surface area contributed by atoms with Gasteiger partial charge in [0, 0.05) is 38.7 Å². The largest absolute Gasteiger partial charge is 0.475 e. The molecule has 2 aliphatic heterocycles. The van der Waals surface area contributed by atoms with Gasteiger partial charge in [-0.3, -0.25) is 0 Å². The molecule has 0 spiro atoms. The number of nitrogens with one attached hydrogen (secondary N) is 1. The molecule has 2 N–H and O–H groups in total. The van der Waals surface area contributed by atoms with Crippen molar-refractivity contribution in [1.29, 1.82) is 0 Å². The van der Waals surface area contributed by atoms with Crippen molar-refractivity contribution in [2.75, 3.05) is 69.4 Å². The zero-order chi connectivity index (χ0) is 27.3. The minimum Gasteiger partial charge on any atom is -0.475 e. The Hall–Kier alpha value is -3.16. The number of alkyl halides is 3. The Morgan fingerprint density at radius 2 is 1.92 bits per heavy atom. The van der Waals surface area contributed by atoms with Gasteiger partial charge in [-0.05, 0) is 41.8 Å². The van der Waals surface area contributed by atoms with Crippen LogP contribution in [0.25, 0.3) is 11.1 Å². The highest BCUT2D eigenvalue weighted by atomic mass is 19.4. The van der Waals surface area contributed by atoms with Crippen LogP contribution in [0.2, 0.25) is 0 Å². The second-order valence-electron chi connectivity index (χ2n) is 8.98. The number of urea groups is 1. The first kappa shape index (κ1) is 27.9. The summed E-state index contributed by atoms with van der Waals surface area (Å²) in [5, 5.41) is 11.7. The van der Waals surface area contributed by atoms with E-state index in [-0.39, 0.29) is 44.5 Å². The van der Waals surface area contributed by atoms with Gasteiger partial charge in [0.25, 0.3) is 0 Å². The van der Waals surface area contributed by atoms with E-state index in [1.807, 2.05) is 11.0 Å². The first-order valence-electron chi connectivity index (χ1n) is 12.3. The number of halogens is 4. The highest BCUT2D eigenvalue weighted by molar-refractivity contribution is 5.91. The number of ether oxygens (including phenoxy) is 3. The number of hydrogen-bond donors (Lipinski definition) is 2. The van der Waals surface area contributed by atoms with E-state index in [1.54, 1.807) is 13.0 Å². The molecule has 1 atom stereocenters. The molecule has 38 heavy (non-hydrogen) atoms. The van der Waals surface area contributed by atoms with E-state index in [9.17, 15) is 27.5 Å². The van der Waals surface area contributed by atoms with Gasteiger partial charge < -0.3 is 34.4 Å². The summed E-state index contributed by atoms with van der Waals surface area (Å²) in [4.78, 5) is 20.6. The fourth-order valence-electron chi connectivity index (χ4n) is 4.33. The summed E-state index contributed by atoms with van der Waals surface area (Å²) in [5.41, 5.74) is 1.72. The van der Waals surface area contributed by atoms with Crippen LogP contribution in [0.5, 0.6) is 5.88 Å². The van der Waals surface area contributed by atoms with Crippen LogP contribution < -0.4 is 15.0 Å². The maximum Gasteiger partial charge on any atom is 0.414 e. The number of aliphatic hydroxyl groups excluding tert-OH is 1. The van der Waals surface area contributed by atoms with E-state index in [2.05, 4.69) is 10.3 Å². The molecule has 13 heteroatoms. The van der Waals surface area contributed by atoms with Gasteiger partial charge in [0.1, 0.15) is 18.2 Å². The third-order valence-electron chi connectivity index (χ3n) is 6.33. The van der Waals surface area contributed by atoms with E-state index >= 15 is 0 Å². The molecule has 0 radical (unpaired) electrons. The molecule has 0 bridgehead atoms. The summed E-state index contributed by atoms with van der Waals surface area (Å²) in [6, 6.07) is 5.52. The molecule has 208 valence electrons. The third kappa shape index (κ3) is 6.83. The average molecular weight is 543 g/mol. The molecule has 2 saturated heterocycles. The summed E-state index contributed by atoms with van der Waals surface area (Å²) in [5.74, 6) is 0.214. The molecular weight excluding hydrogens is 512 g/mol. The van der Waals surface area contributed by atoms with Crippen LogP contribution in [0.1, 0.15) is 12.0 Å². The molecule has 4 rings (SSSR count).